The number of carbonyl (C=O) groups is 1. The van der Waals surface area contributed by atoms with Crippen LogP contribution in [0.1, 0.15) is 6.42 Å². The van der Waals surface area contributed by atoms with Gasteiger partial charge in [-0.1, -0.05) is 0 Å². The highest BCUT2D eigenvalue weighted by Gasteiger charge is 2.38. The van der Waals surface area contributed by atoms with Crippen molar-refractivity contribution in [3.63, 3.8) is 0 Å². The van der Waals surface area contributed by atoms with Crippen molar-refractivity contribution in [3.8, 4) is 0 Å². The van der Waals surface area contributed by atoms with Gasteiger partial charge in [0, 0.05) is 13.0 Å². The summed E-state index contributed by atoms with van der Waals surface area (Å²) in [6.45, 7) is 0.250. The Hall–Kier alpha value is -0.780. The first kappa shape index (κ1) is 8.32. The molecule has 3 nitrogen and oxygen atoms in total. The first-order valence-electron chi connectivity index (χ1n) is 3.01. The second-order valence-electron chi connectivity index (χ2n) is 2.13. The van der Waals surface area contributed by atoms with Crippen molar-refractivity contribution in [3.05, 3.63) is 0 Å². The molecule has 0 aromatic heterocycles. The molecule has 1 amide bonds. The van der Waals surface area contributed by atoms with Crippen molar-refractivity contribution in [1.82, 2.24) is 5.32 Å². The van der Waals surface area contributed by atoms with E-state index in [1.807, 2.05) is 0 Å². The molecular weight excluding hydrogens is 163 g/mol. The Morgan fingerprint density at radius 2 is 2.18 bits per heavy atom. The minimum absolute atomic E-state index is 0.0817. The number of halogens is 3. The van der Waals surface area contributed by atoms with Gasteiger partial charge in [-0.15, -0.1) is 13.2 Å². The van der Waals surface area contributed by atoms with E-state index in [1.165, 1.54) is 0 Å². The average molecular weight is 169 g/mol. The predicted molar refractivity (Wildman–Crippen MR) is 28.6 cm³/mol. The lowest BCUT2D eigenvalue weighted by Crippen LogP contribution is -2.30. The van der Waals surface area contributed by atoms with E-state index < -0.39 is 18.4 Å². The van der Waals surface area contributed by atoms with E-state index in [1.54, 1.807) is 0 Å². The lowest BCUT2D eigenvalue weighted by atomic mass is 10.3. The molecule has 1 atom stereocenters. The van der Waals surface area contributed by atoms with E-state index in [9.17, 15) is 18.0 Å². The largest absolute Gasteiger partial charge is 0.523 e. The third kappa shape index (κ3) is 2.38. The molecule has 0 aromatic carbocycles. The van der Waals surface area contributed by atoms with Crippen LogP contribution in [0.5, 0.6) is 0 Å². The Bertz CT molecular complexity index is 168. The summed E-state index contributed by atoms with van der Waals surface area (Å²) in [6.07, 6.45) is -5.99. The van der Waals surface area contributed by atoms with Gasteiger partial charge >= 0.3 is 6.36 Å². The number of rotatable bonds is 1. The topological polar surface area (TPSA) is 38.3 Å². The fraction of sp³-hybridized carbons (Fsp3) is 0.800. The predicted octanol–water partition coefficient (Wildman–Crippen LogP) is 0.411. The molecule has 0 bridgehead atoms. The lowest BCUT2D eigenvalue weighted by molar-refractivity contribution is -0.336. The summed E-state index contributed by atoms with van der Waals surface area (Å²) in [5, 5.41) is 2.23. The molecule has 1 aliphatic rings. The van der Waals surface area contributed by atoms with Crippen molar-refractivity contribution in [1.29, 1.82) is 0 Å². The van der Waals surface area contributed by atoms with Crippen LogP contribution in [0.15, 0.2) is 0 Å². The molecule has 1 rings (SSSR count). The van der Waals surface area contributed by atoms with E-state index in [0.717, 1.165) is 0 Å². The van der Waals surface area contributed by atoms with E-state index >= 15 is 0 Å². The zero-order valence-corrected chi connectivity index (χ0v) is 5.44. The normalized spacial score (nSPS) is 25.4. The molecule has 1 unspecified atom stereocenters. The highest BCUT2D eigenvalue weighted by atomic mass is 19.4. The van der Waals surface area contributed by atoms with Gasteiger partial charge in [0.25, 0.3) is 0 Å². The number of alkyl halides is 3. The number of hydrogen-bond acceptors (Lipinski definition) is 2. The van der Waals surface area contributed by atoms with Gasteiger partial charge in [0.1, 0.15) is 6.10 Å². The van der Waals surface area contributed by atoms with Crippen LogP contribution in [0.3, 0.4) is 0 Å². The summed E-state index contributed by atoms with van der Waals surface area (Å²) in [5.74, 6) is -0.692. The van der Waals surface area contributed by atoms with Crippen molar-refractivity contribution in [2.75, 3.05) is 6.54 Å². The lowest BCUT2D eigenvalue weighted by Gasteiger charge is -2.10. The monoisotopic (exact) mass is 169 g/mol. The van der Waals surface area contributed by atoms with Crippen LogP contribution in [0.25, 0.3) is 0 Å². The number of ether oxygens (including phenoxy) is 1. The molecule has 0 saturated carbocycles. The molecule has 0 aromatic rings. The van der Waals surface area contributed by atoms with Gasteiger partial charge in [-0.3, -0.25) is 9.53 Å². The second-order valence-corrected chi connectivity index (χ2v) is 2.13. The first-order valence-corrected chi connectivity index (χ1v) is 3.01. The van der Waals surface area contributed by atoms with Crippen molar-refractivity contribution in [2.45, 2.75) is 18.9 Å². The van der Waals surface area contributed by atoms with Crippen LogP contribution >= 0.6 is 0 Å². The summed E-state index contributed by atoms with van der Waals surface area (Å²) >= 11 is 0. The quantitative estimate of drug-likeness (QED) is 0.617. The van der Waals surface area contributed by atoms with Crippen LogP contribution in [0, 0.1) is 0 Å². The molecule has 0 aliphatic carbocycles. The van der Waals surface area contributed by atoms with Gasteiger partial charge in [-0.05, 0) is 0 Å². The molecule has 0 spiro atoms. The maximum atomic E-state index is 11.5. The Morgan fingerprint density at radius 1 is 1.55 bits per heavy atom. The highest BCUT2D eigenvalue weighted by molar-refractivity contribution is 5.82. The van der Waals surface area contributed by atoms with Gasteiger partial charge < -0.3 is 5.32 Å². The zero-order chi connectivity index (χ0) is 8.48. The number of carbonyl (C=O) groups excluding carboxylic acids is 1. The van der Waals surface area contributed by atoms with Crippen LogP contribution in [-0.2, 0) is 9.53 Å². The third-order valence-electron chi connectivity index (χ3n) is 1.27. The van der Waals surface area contributed by atoms with Crippen LogP contribution in [0.4, 0.5) is 13.2 Å². The molecule has 0 radical (unpaired) electrons. The number of nitrogens with one attached hydrogen (secondary N) is 1. The van der Waals surface area contributed by atoms with Crippen molar-refractivity contribution in [2.24, 2.45) is 0 Å². The van der Waals surface area contributed by atoms with Crippen molar-refractivity contribution >= 4 is 5.91 Å². The Morgan fingerprint density at radius 3 is 2.55 bits per heavy atom. The Kier molecular flexibility index (Phi) is 2.03. The maximum absolute atomic E-state index is 11.5. The Labute approximate surface area is 60.5 Å². The van der Waals surface area contributed by atoms with E-state index in [-0.39, 0.29) is 13.0 Å². The average Bonchev–Trinajstić information content (AvgIpc) is 2.12. The summed E-state index contributed by atoms with van der Waals surface area (Å²) in [7, 11) is 0. The molecule has 1 N–H and O–H groups in total. The summed E-state index contributed by atoms with van der Waals surface area (Å²) in [4.78, 5) is 10.5. The third-order valence-corrected chi connectivity index (χ3v) is 1.27. The molecule has 6 heteroatoms. The van der Waals surface area contributed by atoms with Crippen LogP contribution < -0.4 is 5.32 Å². The molecular formula is C5H6F3NO2. The second kappa shape index (κ2) is 2.69. The molecule has 1 heterocycles. The van der Waals surface area contributed by atoms with Gasteiger partial charge in [0.15, 0.2) is 0 Å². The zero-order valence-electron chi connectivity index (χ0n) is 5.44. The van der Waals surface area contributed by atoms with E-state index in [2.05, 4.69) is 10.1 Å². The molecule has 1 fully saturated rings. The van der Waals surface area contributed by atoms with Gasteiger partial charge in [0.05, 0.1) is 0 Å². The van der Waals surface area contributed by atoms with Crippen molar-refractivity contribution < 1.29 is 22.7 Å². The van der Waals surface area contributed by atoms with Crippen LogP contribution in [0.2, 0.25) is 0 Å². The summed E-state index contributed by atoms with van der Waals surface area (Å²) in [5.41, 5.74) is 0. The smallest absolute Gasteiger partial charge is 0.354 e. The standard InChI is InChI=1S/C5H6F3NO2/c6-5(7,8)11-3-1-2-9-4(3)10/h3H,1-2H2,(H,9,10). The number of amides is 1. The van der Waals surface area contributed by atoms with Gasteiger partial charge in [-0.2, -0.15) is 0 Å². The minimum Gasteiger partial charge on any atom is -0.354 e. The SMILES string of the molecule is O=C1NCCC1OC(F)(F)F. The summed E-state index contributed by atoms with van der Waals surface area (Å²) < 4.78 is 37.9. The van der Waals surface area contributed by atoms with Crippen LogP contribution in [-0.4, -0.2) is 24.9 Å². The van der Waals surface area contributed by atoms with Gasteiger partial charge in [0.2, 0.25) is 5.91 Å². The fourth-order valence-electron chi connectivity index (χ4n) is 0.845. The molecule has 64 valence electrons. The first-order chi connectivity index (χ1) is 4.99. The number of hydrogen-bond donors (Lipinski definition) is 1. The minimum atomic E-state index is -4.72. The fourth-order valence-corrected chi connectivity index (χ4v) is 0.845. The molecule has 1 aliphatic heterocycles. The molecule has 1 saturated heterocycles. The summed E-state index contributed by atoms with van der Waals surface area (Å²) in [6, 6.07) is 0. The van der Waals surface area contributed by atoms with Gasteiger partial charge in [-0.25, -0.2) is 0 Å². The highest BCUT2D eigenvalue weighted by Crippen LogP contribution is 2.21. The Balaban J connectivity index is 2.43. The van der Waals surface area contributed by atoms with E-state index in [4.69, 9.17) is 0 Å². The van der Waals surface area contributed by atoms with E-state index in [0.29, 0.717) is 0 Å². The molecule has 11 heavy (non-hydrogen) atoms. The maximum Gasteiger partial charge on any atom is 0.523 e.